The van der Waals surface area contributed by atoms with Crippen molar-refractivity contribution in [3.05, 3.63) is 23.7 Å². The highest BCUT2D eigenvalue weighted by Crippen LogP contribution is 2.07. The molecule has 0 fully saturated rings. The summed E-state index contributed by atoms with van der Waals surface area (Å²) in [5, 5.41) is 20.8. The lowest BCUT2D eigenvalue weighted by atomic mass is 10.2. The first-order valence-corrected chi connectivity index (χ1v) is 5.06. The largest absolute Gasteiger partial charge is 0.468 e. The number of aliphatic hydroxyl groups is 1. The van der Waals surface area contributed by atoms with Gasteiger partial charge in [-0.15, -0.1) is 0 Å². The summed E-state index contributed by atoms with van der Waals surface area (Å²) in [6.07, 6.45) is -0.882. The number of nitriles is 1. The van der Waals surface area contributed by atoms with E-state index in [0.717, 1.165) is 0 Å². The first kappa shape index (κ1) is 13.2. The van der Waals surface area contributed by atoms with Crippen LogP contribution in [-0.4, -0.2) is 30.3 Å². The predicted octanol–water partition coefficient (Wildman–Crippen LogP) is 0.163. The molecule has 6 nitrogen and oxygen atoms in total. The number of esters is 1. The van der Waals surface area contributed by atoms with E-state index in [0.29, 0.717) is 5.76 Å². The molecule has 0 radical (unpaired) electrons. The van der Waals surface area contributed by atoms with Gasteiger partial charge in [0.1, 0.15) is 17.9 Å². The molecular formula is C11H14N2O4. The van der Waals surface area contributed by atoms with E-state index in [1.165, 1.54) is 20.1 Å². The van der Waals surface area contributed by atoms with Crippen molar-refractivity contribution in [1.29, 1.82) is 5.26 Å². The molecular weight excluding hydrogens is 224 g/mol. The van der Waals surface area contributed by atoms with Crippen LogP contribution in [-0.2, 0) is 16.1 Å². The topological polar surface area (TPSA) is 95.5 Å². The van der Waals surface area contributed by atoms with Crippen molar-refractivity contribution in [3.63, 3.8) is 0 Å². The number of hydrogen-bond acceptors (Lipinski definition) is 6. The summed E-state index contributed by atoms with van der Waals surface area (Å²) < 4.78 is 9.66. The van der Waals surface area contributed by atoms with Crippen molar-refractivity contribution >= 4 is 5.97 Å². The van der Waals surface area contributed by atoms with Crippen molar-refractivity contribution in [2.45, 2.75) is 25.6 Å². The minimum atomic E-state index is -0.882. The number of furan rings is 1. The van der Waals surface area contributed by atoms with Crippen molar-refractivity contribution in [1.82, 2.24) is 5.32 Å². The van der Waals surface area contributed by atoms with Crippen LogP contribution in [0.4, 0.5) is 0 Å². The molecule has 2 atom stereocenters. The molecule has 0 saturated carbocycles. The molecule has 0 unspecified atom stereocenters. The third kappa shape index (κ3) is 3.59. The van der Waals surface area contributed by atoms with Crippen LogP contribution in [0.3, 0.4) is 0 Å². The molecule has 0 bridgehead atoms. The number of rotatable bonds is 5. The summed E-state index contributed by atoms with van der Waals surface area (Å²) in [6.45, 7) is 1.71. The minimum Gasteiger partial charge on any atom is -0.468 e. The zero-order valence-electron chi connectivity index (χ0n) is 9.64. The summed E-state index contributed by atoms with van der Waals surface area (Å²) >= 11 is 0. The lowest BCUT2D eigenvalue weighted by molar-refractivity contribution is -0.145. The van der Waals surface area contributed by atoms with Crippen LogP contribution in [0.15, 0.2) is 16.5 Å². The van der Waals surface area contributed by atoms with Crippen LogP contribution in [0, 0.1) is 11.3 Å². The van der Waals surface area contributed by atoms with E-state index in [9.17, 15) is 9.90 Å². The monoisotopic (exact) mass is 238 g/mol. The van der Waals surface area contributed by atoms with Gasteiger partial charge in [0, 0.05) is 0 Å². The maximum Gasteiger partial charge on any atom is 0.325 e. The first-order chi connectivity index (χ1) is 8.08. The molecule has 92 valence electrons. The number of methoxy groups -OCH3 is 1. The van der Waals surface area contributed by atoms with Crippen molar-refractivity contribution in [3.8, 4) is 6.07 Å². The van der Waals surface area contributed by atoms with Gasteiger partial charge in [0.2, 0.25) is 5.76 Å². The predicted molar refractivity (Wildman–Crippen MR) is 57.7 cm³/mol. The summed E-state index contributed by atoms with van der Waals surface area (Å²) in [6, 6.07) is 4.19. The van der Waals surface area contributed by atoms with Crippen LogP contribution in [0.25, 0.3) is 0 Å². The number of carbonyl (C=O) groups is 1. The van der Waals surface area contributed by atoms with E-state index in [4.69, 9.17) is 9.68 Å². The van der Waals surface area contributed by atoms with Gasteiger partial charge in [-0.25, -0.2) is 0 Å². The zero-order valence-corrected chi connectivity index (χ0v) is 9.64. The quantitative estimate of drug-likeness (QED) is 0.709. The second kappa shape index (κ2) is 6.03. The molecule has 0 aliphatic carbocycles. The molecule has 0 amide bonds. The number of carbonyl (C=O) groups excluding carboxylic acids is 1. The minimum absolute atomic E-state index is 0.202. The van der Waals surface area contributed by atoms with Gasteiger partial charge in [0.15, 0.2) is 0 Å². The lowest BCUT2D eigenvalue weighted by Crippen LogP contribution is -2.45. The molecule has 0 aliphatic rings. The summed E-state index contributed by atoms with van der Waals surface area (Å²) in [4.78, 5) is 11.3. The Hall–Kier alpha value is -1.84. The van der Waals surface area contributed by atoms with Gasteiger partial charge in [0.25, 0.3) is 0 Å². The van der Waals surface area contributed by atoms with Crippen molar-refractivity contribution in [2.24, 2.45) is 0 Å². The fraction of sp³-hybridized carbons (Fsp3) is 0.455. The Morgan fingerprint density at radius 3 is 2.88 bits per heavy atom. The van der Waals surface area contributed by atoms with Crippen LogP contribution in [0.5, 0.6) is 0 Å². The molecule has 6 heteroatoms. The van der Waals surface area contributed by atoms with E-state index < -0.39 is 18.1 Å². The fourth-order valence-corrected chi connectivity index (χ4v) is 1.32. The van der Waals surface area contributed by atoms with Gasteiger partial charge in [-0.1, -0.05) is 0 Å². The Bertz CT molecular complexity index is 419. The van der Waals surface area contributed by atoms with Crippen LogP contribution in [0.2, 0.25) is 0 Å². The highest BCUT2D eigenvalue weighted by Gasteiger charge is 2.24. The highest BCUT2D eigenvalue weighted by molar-refractivity contribution is 5.76. The van der Waals surface area contributed by atoms with Gasteiger partial charge >= 0.3 is 5.97 Å². The summed E-state index contributed by atoms with van der Waals surface area (Å²) in [5.74, 6) is 0.164. The molecule has 1 heterocycles. The number of aliphatic hydroxyl groups excluding tert-OH is 1. The maximum atomic E-state index is 11.3. The summed E-state index contributed by atoms with van der Waals surface area (Å²) in [5.41, 5.74) is 0. The third-order valence-electron chi connectivity index (χ3n) is 2.21. The van der Waals surface area contributed by atoms with E-state index in [1.807, 2.05) is 6.07 Å². The molecule has 0 aromatic carbocycles. The SMILES string of the molecule is COC(=O)[C@H](NCc1ccc(C#N)o1)[C@@H](C)O. The van der Waals surface area contributed by atoms with Gasteiger partial charge in [0.05, 0.1) is 19.8 Å². The molecule has 17 heavy (non-hydrogen) atoms. The Balaban J connectivity index is 2.58. The average molecular weight is 238 g/mol. The average Bonchev–Trinajstić information content (AvgIpc) is 2.76. The first-order valence-electron chi connectivity index (χ1n) is 5.06. The Morgan fingerprint density at radius 2 is 2.41 bits per heavy atom. The van der Waals surface area contributed by atoms with Crippen LogP contribution in [0.1, 0.15) is 18.4 Å². The number of nitrogens with zero attached hydrogens (tertiary/aromatic N) is 1. The standard InChI is InChI=1S/C11H14N2O4/c1-7(14)10(11(15)16-2)13-6-9-4-3-8(5-12)17-9/h3-4,7,10,13-14H,6H2,1-2H3/t7-,10-/m1/s1. The van der Waals surface area contributed by atoms with E-state index in [-0.39, 0.29) is 12.3 Å². The van der Waals surface area contributed by atoms with Crippen molar-refractivity contribution < 1.29 is 19.1 Å². The van der Waals surface area contributed by atoms with E-state index >= 15 is 0 Å². The molecule has 0 saturated heterocycles. The Morgan fingerprint density at radius 1 is 1.71 bits per heavy atom. The third-order valence-corrected chi connectivity index (χ3v) is 2.21. The van der Waals surface area contributed by atoms with E-state index in [2.05, 4.69) is 10.1 Å². The molecule has 0 aliphatic heterocycles. The molecule has 1 aromatic heterocycles. The lowest BCUT2D eigenvalue weighted by Gasteiger charge is -2.18. The molecule has 2 N–H and O–H groups in total. The van der Waals surface area contributed by atoms with Crippen LogP contribution < -0.4 is 5.32 Å². The van der Waals surface area contributed by atoms with Gasteiger partial charge in [-0.05, 0) is 19.1 Å². The Labute approximate surface area is 98.8 Å². The second-order valence-electron chi connectivity index (χ2n) is 3.50. The van der Waals surface area contributed by atoms with E-state index in [1.54, 1.807) is 6.07 Å². The smallest absolute Gasteiger partial charge is 0.325 e. The number of ether oxygens (including phenoxy) is 1. The normalized spacial score (nSPS) is 13.8. The summed E-state index contributed by atoms with van der Waals surface area (Å²) in [7, 11) is 1.25. The van der Waals surface area contributed by atoms with Crippen molar-refractivity contribution in [2.75, 3.05) is 7.11 Å². The van der Waals surface area contributed by atoms with Gasteiger partial charge < -0.3 is 14.3 Å². The number of nitrogens with one attached hydrogen (secondary N) is 1. The maximum absolute atomic E-state index is 11.3. The fourth-order valence-electron chi connectivity index (χ4n) is 1.32. The Kier molecular flexibility index (Phi) is 4.69. The van der Waals surface area contributed by atoms with Gasteiger partial charge in [-0.2, -0.15) is 5.26 Å². The van der Waals surface area contributed by atoms with Crippen LogP contribution >= 0.6 is 0 Å². The zero-order chi connectivity index (χ0) is 12.8. The molecule has 1 rings (SSSR count). The highest BCUT2D eigenvalue weighted by atomic mass is 16.5. The number of hydrogen-bond donors (Lipinski definition) is 2. The molecule has 0 spiro atoms. The second-order valence-corrected chi connectivity index (χ2v) is 3.50. The van der Waals surface area contributed by atoms with Gasteiger partial charge in [-0.3, -0.25) is 10.1 Å². The molecule has 1 aromatic rings.